The summed E-state index contributed by atoms with van der Waals surface area (Å²) in [5, 5.41) is 11.9. The molecule has 6 heteroatoms. The quantitative estimate of drug-likeness (QED) is 0.398. The number of nitro groups is 1. The maximum absolute atomic E-state index is 11.3. The summed E-state index contributed by atoms with van der Waals surface area (Å²) in [4.78, 5) is 12.8. The Kier molecular flexibility index (Phi) is 5.36. The lowest BCUT2D eigenvalue weighted by Crippen LogP contribution is -2.18. The maximum Gasteiger partial charge on any atom is 0.292 e. The van der Waals surface area contributed by atoms with Crippen molar-refractivity contribution < 1.29 is 4.92 Å². The summed E-state index contributed by atoms with van der Waals surface area (Å²) in [6.45, 7) is 0.593. The number of halogens is 2. The molecule has 21 heavy (non-hydrogen) atoms. The molecule has 0 fully saturated rings. The number of hydrogen-bond donors (Lipinski definition) is 0. The molecule has 4 nitrogen and oxygen atoms in total. The van der Waals surface area contributed by atoms with E-state index in [0.717, 1.165) is 15.6 Å². The van der Waals surface area contributed by atoms with Crippen molar-refractivity contribution in [1.82, 2.24) is 0 Å². The first-order chi connectivity index (χ1) is 10.0. The van der Waals surface area contributed by atoms with Gasteiger partial charge in [-0.2, -0.15) is 0 Å². The molecule has 0 saturated heterocycles. The molecule has 0 aliphatic rings. The Hall–Kier alpha value is -1.40. The Labute approximate surface area is 140 Å². The van der Waals surface area contributed by atoms with Crippen LogP contribution in [0.1, 0.15) is 11.1 Å². The van der Waals surface area contributed by atoms with Crippen molar-refractivity contribution in [2.24, 2.45) is 0 Å². The maximum atomic E-state index is 11.3. The van der Waals surface area contributed by atoms with Crippen LogP contribution in [0.5, 0.6) is 0 Å². The molecule has 0 aromatic heterocycles. The van der Waals surface area contributed by atoms with Crippen molar-refractivity contribution in [1.29, 1.82) is 0 Å². The summed E-state index contributed by atoms with van der Waals surface area (Å²) in [5.41, 5.74) is 2.71. The van der Waals surface area contributed by atoms with Crippen molar-refractivity contribution >= 4 is 43.2 Å². The van der Waals surface area contributed by atoms with E-state index in [1.807, 2.05) is 42.3 Å². The number of rotatable bonds is 5. The minimum atomic E-state index is -0.335. The summed E-state index contributed by atoms with van der Waals surface area (Å²) in [7, 11) is 1.86. The van der Waals surface area contributed by atoms with E-state index < -0.39 is 0 Å². The van der Waals surface area contributed by atoms with Gasteiger partial charge in [-0.3, -0.25) is 10.1 Å². The van der Waals surface area contributed by atoms with E-state index in [4.69, 9.17) is 0 Å². The molecule has 0 unspecified atom stereocenters. The molecule has 0 saturated carbocycles. The highest BCUT2D eigenvalue weighted by molar-refractivity contribution is 9.10. The Morgan fingerprint density at radius 1 is 1.24 bits per heavy atom. The van der Waals surface area contributed by atoms with Gasteiger partial charge in [0.2, 0.25) is 0 Å². The normalized spacial score (nSPS) is 10.4. The number of nitrogens with zero attached hydrogens (tertiary/aromatic N) is 2. The molecule has 0 radical (unpaired) electrons. The molecule has 0 aliphatic heterocycles. The van der Waals surface area contributed by atoms with Gasteiger partial charge in [-0.25, -0.2) is 0 Å². The summed E-state index contributed by atoms with van der Waals surface area (Å²) in [6, 6.07) is 13.2. The minimum absolute atomic E-state index is 0.126. The molecule has 2 rings (SSSR count). The van der Waals surface area contributed by atoms with Crippen LogP contribution in [0.25, 0.3) is 0 Å². The van der Waals surface area contributed by atoms with Gasteiger partial charge in [-0.1, -0.05) is 56.1 Å². The molecule has 2 aromatic rings. The fourth-order valence-electron chi connectivity index (χ4n) is 2.09. The number of nitro benzene ring substituents is 1. The van der Waals surface area contributed by atoms with Crippen LogP contribution in [0.15, 0.2) is 46.9 Å². The van der Waals surface area contributed by atoms with Gasteiger partial charge in [0.15, 0.2) is 0 Å². The SMILES string of the molecule is CN(Cc1ccccc1Br)c1ccc(CBr)cc1[N+](=O)[O-]. The Balaban J connectivity index is 2.33. The number of anilines is 1. The van der Waals surface area contributed by atoms with Gasteiger partial charge < -0.3 is 4.90 Å². The lowest BCUT2D eigenvalue weighted by Gasteiger charge is -2.20. The average Bonchev–Trinajstić information content (AvgIpc) is 2.48. The van der Waals surface area contributed by atoms with E-state index in [9.17, 15) is 10.1 Å². The summed E-state index contributed by atoms with van der Waals surface area (Å²) in [6.07, 6.45) is 0. The molecule has 0 atom stereocenters. The molecule has 0 aliphatic carbocycles. The van der Waals surface area contributed by atoms with E-state index in [2.05, 4.69) is 31.9 Å². The van der Waals surface area contributed by atoms with Crippen molar-refractivity contribution in [2.45, 2.75) is 11.9 Å². The van der Waals surface area contributed by atoms with Gasteiger partial charge in [-0.15, -0.1) is 0 Å². The standard InChI is InChI=1S/C15H14Br2N2O2/c1-18(10-12-4-2-3-5-13(12)17)14-7-6-11(9-16)8-15(14)19(20)21/h2-8H,9-10H2,1H3. The molecule has 0 N–H and O–H groups in total. The van der Waals surface area contributed by atoms with Crippen LogP contribution in [0, 0.1) is 10.1 Å². The Morgan fingerprint density at radius 3 is 2.57 bits per heavy atom. The van der Waals surface area contributed by atoms with E-state index in [1.165, 1.54) is 0 Å². The molecule has 110 valence electrons. The van der Waals surface area contributed by atoms with Gasteiger partial charge in [0.1, 0.15) is 5.69 Å². The lowest BCUT2D eigenvalue weighted by atomic mass is 10.1. The zero-order valence-electron chi connectivity index (χ0n) is 11.4. The van der Waals surface area contributed by atoms with Gasteiger partial charge in [0.05, 0.1) is 4.92 Å². The fourth-order valence-corrected chi connectivity index (χ4v) is 2.85. The van der Waals surface area contributed by atoms with E-state index >= 15 is 0 Å². The Morgan fingerprint density at radius 2 is 1.95 bits per heavy atom. The van der Waals surface area contributed by atoms with Gasteiger partial charge >= 0.3 is 0 Å². The molecular formula is C15H14Br2N2O2. The lowest BCUT2D eigenvalue weighted by molar-refractivity contribution is -0.384. The van der Waals surface area contributed by atoms with E-state index in [1.54, 1.807) is 12.1 Å². The van der Waals surface area contributed by atoms with Crippen molar-refractivity contribution in [3.05, 3.63) is 68.2 Å². The van der Waals surface area contributed by atoms with Crippen LogP contribution in [-0.2, 0) is 11.9 Å². The molecule has 0 amide bonds. The number of alkyl halides is 1. The molecule has 0 spiro atoms. The van der Waals surface area contributed by atoms with Crippen LogP contribution in [0.2, 0.25) is 0 Å². The van der Waals surface area contributed by atoms with E-state index in [0.29, 0.717) is 17.6 Å². The molecular weight excluding hydrogens is 400 g/mol. The van der Waals surface area contributed by atoms with Crippen molar-refractivity contribution in [3.63, 3.8) is 0 Å². The van der Waals surface area contributed by atoms with Gasteiger partial charge in [-0.05, 0) is 23.3 Å². The van der Waals surface area contributed by atoms with Crippen LogP contribution >= 0.6 is 31.9 Å². The summed E-state index contributed by atoms with van der Waals surface area (Å²) >= 11 is 6.82. The summed E-state index contributed by atoms with van der Waals surface area (Å²) < 4.78 is 0.997. The highest BCUT2D eigenvalue weighted by atomic mass is 79.9. The van der Waals surface area contributed by atoms with Gasteiger partial charge in [0.25, 0.3) is 5.69 Å². The summed E-state index contributed by atoms with van der Waals surface area (Å²) in [5.74, 6) is 0. The largest absolute Gasteiger partial charge is 0.365 e. The predicted octanol–water partition coefficient (Wildman–Crippen LogP) is 4.89. The third-order valence-electron chi connectivity index (χ3n) is 3.17. The third-order valence-corrected chi connectivity index (χ3v) is 4.59. The monoisotopic (exact) mass is 412 g/mol. The first-order valence-electron chi connectivity index (χ1n) is 6.30. The number of hydrogen-bond acceptors (Lipinski definition) is 3. The third kappa shape index (κ3) is 3.83. The second-order valence-electron chi connectivity index (χ2n) is 4.66. The van der Waals surface area contributed by atoms with Crippen molar-refractivity contribution in [2.75, 3.05) is 11.9 Å². The second kappa shape index (κ2) is 7.04. The zero-order valence-corrected chi connectivity index (χ0v) is 14.6. The van der Waals surface area contributed by atoms with Crippen LogP contribution < -0.4 is 4.90 Å². The highest BCUT2D eigenvalue weighted by Crippen LogP contribution is 2.31. The van der Waals surface area contributed by atoms with Crippen molar-refractivity contribution in [3.8, 4) is 0 Å². The first kappa shape index (κ1) is 16.0. The minimum Gasteiger partial charge on any atom is -0.365 e. The van der Waals surface area contributed by atoms with Gasteiger partial charge in [0, 0.05) is 29.5 Å². The van der Waals surface area contributed by atoms with Crippen LogP contribution in [-0.4, -0.2) is 12.0 Å². The van der Waals surface area contributed by atoms with Crippen LogP contribution in [0.4, 0.5) is 11.4 Å². The van der Waals surface area contributed by atoms with Crippen LogP contribution in [0.3, 0.4) is 0 Å². The first-order valence-corrected chi connectivity index (χ1v) is 8.22. The Bertz CT molecular complexity index is 662. The molecule has 0 bridgehead atoms. The smallest absolute Gasteiger partial charge is 0.292 e. The second-order valence-corrected chi connectivity index (χ2v) is 6.08. The zero-order chi connectivity index (χ0) is 15.4. The fraction of sp³-hybridized carbons (Fsp3) is 0.200. The average molecular weight is 414 g/mol. The highest BCUT2D eigenvalue weighted by Gasteiger charge is 2.18. The molecule has 0 heterocycles. The topological polar surface area (TPSA) is 46.4 Å². The van der Waals surface area contributed by atoms with E-state index in [-0.39, 0.29) is 10.6 Å². The predicted molar refractivity (Wildman–Crippen MR) is 92.0 cm³/mol. The number of benzene rings is 2. The molecule has 2 aromatic carbocycles.